The Kier molecular flexibility index (Phi) is 16.8. The standard InChI is InChI=1S/C23H23N3O3.C12H8N2O2.C11H16ClNO.CH4/c1-26(2)12-13-27-19-7-5-17(6-8-19)16-28-20-9-10-22-21(14-20)25-23(29-22)18-4-3-11-24-15-18;15-9-3-4-11-10(6-9)14-12(16-11)8-2-1-5-13-7-8;1-13(2)7-8-14-11-5-3-10(9-12)4-6-11;/h3-11,14-15H,12-13,16H2,1-2H3;1-7,15H;3-6H,7-9H2,1-2H3;1H4. The average Bonchev–Trinajstić information content (AvgIpc) is 3.89. The van der Waals surface area contributed by atoms with Crippen molar-refractivity contribution in [2.45, 2.75) is 19.9 Å². The maximum Gasteiger partial charge on any atom is 0.228 e. The molecule has 0 saturated carbocycles. The summed E-state index contributed by atoms with van der Waals surface area (Å²) in [5.74, 6) is 4.30. The number of fused-ring (bicyclic) bond motifs is 2. The predicted octanol–water partition coefficient (Wildman–Crippen LogP) is 10.0. The van der Waals surface area contributed by atoms with Crippen LogP contribution in [-0.4, -0.2) is 89.3 Å². The van der Waals surface area contributed by atoms with E-state index >= 15 is 0 Å². The van der Waals surface area contributed by atoms with E-state index in [1.54, 1.807) is 43.0 Å². The molecule has 12 nitrogen and oxygen atoms in total. The number of aromatic nitrogens is 4. The van der Waals surface area contributed by atoms with Crippen LogP contribution in [0, 0.1) is 0 Å². The highest BCUT2D eigenvalue weighted by Gasteiger charge is 2.10. The van der Waals surface area contributed by atoms with Crippen LogP contribution in [0.5, 0.6) is 23.0 Å². The highest BCUT2D eigenvalue weighted by Crippen LogP contribution is 2.28. The smallest absolute Gasteiger partial charge is 0.228 e. The molecule has 0 fully saturated rings. The Labute approximate surface area is 356 Å². The van der Waals surface area contributed by atoms with Crippen LogP contribution in [-0.2, 0) is 12.5 Å². The number of pyridine rings is 2. The molecule has 13 heteroatoms. The molecular formula is C47H51ClN6O6. The van der Waals surface area contributed by atoms with Crippen molar-refractivity contribution in [3.05, 3.63) is 145 Å². The third kappa shape index (κ3) is 13.6. The van der Waals surface area contributed by atoms with Gasteiger partial charge in [-0.05, 0) is 112 Å². The van der Waals surface area contributed by atoms with Crippen LogP contribution < -0.4 is 14.2 Å². The lowest BCUT2D eigenvalue weighted by molar-refractivity contribution is 0.261. The number of rotatable bonds is 14. The summed E-state index contributed by atoms with van der Waals surface area (Å²) >= 11 is 5.68. The second kappa shape index (κ2) is 22.6. The monoisotopic (exact) mass is 830 g/mol. The molecule has 0 aliphatic heterocycles. The molecule has 8 rings (SSSR count). The number of nitrogens with zero attached hydrogens (tertiary/aromatic N) is 6. The van der Waals surface area contributed by atoms with Gasteiger partial charge < -0.3 is 38.0 Å². The molecule has 4 aromatic heterocycles. The highest BCUT2D eigenvalue weighted by molar-refractivity contribution is 6.17. The van der Waals surface area contributed by atoms with Crippen molar-refractivity contribution >= 4 is 33.8 Å². The van der Waals surface area contributed by atoms with E-state index < -0.39 is 0 Å². The molecule has 60 heavy (non-hydrogen) atoms. The van der Waals surface area contributed by atoms with Crippen molar-refractivity contribution in [2.24, 2.45) is 0 Å². The normalized spacial score (nSPS) is 10.7. The Bertz CT molecular complexity index is 2460. The first-order valence-electron chi connectivity index (χ1n) is 18.9. The van der Waals surface area contributed by atoms with E-state index in [4.69, 9.17) is 34.6 Å². The molecule has 0 bridgehead atoms. The average molecular weight is 831 g/mol. The van der Waals surface area contributed by atoms with Crippen LogP contribution in [0.1, 0.15) is 18.6 Å². The van der Waals surface area contributed by atoms with Gasteiger partial charge in [0.05, 0.1) is 11.1 Å². The summed E-state index contributed by atoms with van der Waals surface area (Å²) in [5.41, 5.74) is 6.61. The molecule has 0 spiro atoms. The number of oxazole rings is 2. The van der Waals surface area contributed by atoms with Gasteiger partial charge in [-0.1, -0.05) is 31.7 Å². The first-order chi connectivity index (χ1) is 28.7. The summed E-state index contributed by atoms with van der Waals surface area (Å²) < 4.78 is 28.5. The molecule has 312 valence electrons. The first kappa shape index (κ1) is 44.6. The van der Waals surface area contributed by atoms with E-state index in [0.29, 0.717) is 48.6 Å². The molecule has 4 heterocycles. The molecule has 1 N–H and O–H groups in total. The number of hydrogen-bond acceptors (Lipinski definition) is 12. The molecule has 0 radical (unpaired) electrons. The number of phenols is 1. The molecule has 0 aliphatic rings. The van der Waals surface area contributed by atoms with Crippen molar-refractivity contribution in [3.63, 3.8) is 0 Å². The molecule has 4 aromatic carbocycles. The number of benzene rings is 4. The lowest BCUT2D eigenvalue weighted by Gasteiger charge is -2.11. The van der Waals surface area contributed by atoms with E-state index in [9.17, 15) is 5.11 Å². The Morgan fingerprint density at radius 2 is 1.07 bits per heavy atom. The second-order valence-electron chi connectivity index (χ2n) is 13.8. The van der Waals surface area contributed by atoms with Gasteiger partial charge in [0.15, 0.2) is 11.2 Å². The fourth-order valence-corrected chi connectivity index (χ4v) is 5.53. The predicted molar refractivity (Wildman–Crippen MR) is 238 cm³/mol. The van der Waals surface area contributed by atoms with E-state index in [1.807, 2.05) is 119 Å². The third-order valence-corrected chi connectivity index (χ3v) is 8.88. The number of phenolic OH excluding ortho intramolecular Hbond substituents is 1. The molecule has 0 unspecified atom stereocenters. The molecular weight excluding hydrogens is 780 g/mol. The minimum atomic E-state index is 0. The number of halogens is 1. The summed E-state index contributed by atoms with van der Waals surface area (Å²) in [6.07, 6.45) is 6.83. The summed E-state index contributed by atoms with van der Waals surface area (Å²) in [5, 5.41) is 9.32. The number of hydrogen-bond donors (Lipinski definition) is 1. The first-order valence-corrected chi connectivity index (χ1v) is 19.5. The molecule has 8 aromatic rings. The maximum absolute atomic E-state index is 9.32. The maximum atomic E-state index is 9.32. The van der Waals surface area contributed by atoms with E-state index in [-0.39, 0.29) is 13.2 Å². The van der Waals surface area contributed by atoms with Crippen molar-refractivity contribution in [3.8, 4) is 45.9 Å². The van der Waals surface area contributed by atoms with Crippen molar-refractivity contribution in [2.75, 3.05) is 54.5 Å². The van der Waals surface area contributed by atoms with E-state index in [0.717, 1.165) is 63.7 Å². The lowest BCUT2D eigenvalue weighted by atomic mass is 10.2. The van der Waals surface area contributed by atoms with Gasteiger partial charge in [0.2, 0.25) is 11.8 Å². The van der Waals surface area contributed by atoms with Crippen molar-refractivity contribution in [1.29, 1.82) is 0 Å². The van der Waals surface area contributed by atoms with Crippen molar-refractivity contribution in [1.82, 2.24) is 29.7 Å². The van der Waals surface area contributed by atoms with Gasteiger partial charge in [0, 0.05) is 55.9 Å². The fraction of sp³-hybridized carbons (Fsp3) is 0.234. The second-order valence-corrected chi connectivity index (χ2v) is 14.1. The van der Waals surface area contributed by atoms with E-state index in [1.165, 1.54) is 0 Å². The molecule has 0 atom stereocenters. The molecule has 0 aliphatic carbocycles. The molecule has 0 saturated heterocycles. The third-order valence-electron chi connectivity index (χ3n) is 8.57. The summed E-state index contributed by atoms with van der Waals surface area (Å²) in [6.45, 7) is 3.67. The van der Waals surface area contributed by atoms with Gasteiger partial charge in [0.25, 0.3) is 0 Å². The Balaban J connectivity index is 0.000000186. The highest BCUT2D eigenvalue weighted by atomic mass is 35.5. The zero-order valence-electron chi connectivity index (χ0n) is 33.5. The van der Waals surface area contributed by atoms with Crippen molar-refractivity contribution < 1.29 is 28.2 Å². The number of aromatic hydroxyl groups is 1. The van der Waals surface area contributed by atoms with Gasteiger partial charge in [-0.25, -0.2) is 9.97 Å². The number of alkyl halides is 1. The lowest BCUT2D eigenvalue weighted by Crippen LogP contribution is -2.19. The quantitative estimate of drug-likeness (QED) is 0.105. The van der Waals surface area contributed by atoms with Crippen LogP contribution in [0.15, 0.2) is 143 Å². The van der Waals surface area contributed by atoms with E-state index in [2.05, 4.69) is 29.7 Å². The van der Waals surface area contributed by atoms with Crippen LogP contribution in [0.2, 0.25) is 0 Å². The van der Waals surface area contributed by atoms with Gasteiger partial charge in [-0.3, -0.25) is 9.97 Å². The molecule has 0 amide bonds. The Morgan fingerprint density at radius 1 is 0.583 bits per heavy atom. The van der Waals surface area contributed by atoms with Crippen LogP contribution in [0.25, 0.3) is 45.1 Å². The summed E-state index contributed by atoms with van der Waals surface area (Å²) in [4.78, 5) is 21.1. The number of likely N-dealkylation sites (N-methyl/N-ethyl adjacent to an activating group) is 2. The van der Waals surface area contributed by atoms with Gasteiger partial charge in [0.1, 0.15) is 53.9 Å². The van der Waals surface area contributed by atoms with Crippen LogP contribution >= 0.6 is 11.6 Å². The number of ether oxygens (including phenoxy) is 3. The summed E-state index contributed by atoms with van der Waals surface area (Å²) in [6, 6.07) is 33.8. The van der Waals surface area contributed by atoms with Gasteiger partial charge in [-0.2, -0.15) is 0 Å². The fourth-order valence-electron chi connectivity index (χ4n) is 5.35. The largest absolute Gasteiger partial charge is 0.508 e. The van der Waals surface area contributed by atoms with Crippen LogP contribution in [0.3, 0.4) is 0 Å². The van der Waals surface area contributed by atoms with Gasteiger partial charge >= 0.3 is 0 Å². The summed E-state index contributed by atoms with van der Waals surface area (Å²) in [7, 11) is 8.11. The minimum absolute atomic E-state index is 0. The zero-order chi connectivity index (χ0) is 41.4. The Morgan fingerprint density at radius 3 is 1.55 bits per heavy atom. The van der Waals surface area contributed by atoms with Gasteiger partial charge in [-0.15, -0.1) is 11.6 Å². The van der Waals surface area contributed by atoms with Crippen LogP contribution in [0.4, 0.5) is 0 Å². The SMILES string of the molecule is C.CN(C)CCOc1ccc(CCl)cc1.CN(C)CCOc1ccc(COc2ccc3oc(-c4cccnc4)nc3c2)cc1.Oc1ccc2oc(-c3cccnc3)nc2c1. The zero-order valence-corrected chi connectivity index (χ0v) is 34.2. The topological polar surface area (TPSA) is 132 Å². The minimum Gasteiger partial charge on any atom is -0.508 e. The Hall–Kier alpha value is -6.47.